The van der Waals surface area contributed by atoms with Crippen LogP contribution in [0.5, 0.6) is 11.5 Å². The SMILES string of the molecule is Cc1ccc2c(c1)/C(=C1\c3ccccc3C(=O)c3ccc(C)cc31)c1ccccc1O2. The van der Waals surface area contributed by atoms with Crippen LogP contribution in [0.25, 0.3) is 11.1 Å². The molecule has 0 saturated heterocycles. The molecule has 0 fully saturated rings. The van der Waals surface area contributed by atoms with Crippen LogP contribution in [0.1, 0.15) is 49.3 Å². The summed E-state index contributed by atoms with van der Waals surface area (Å²) in [6.07, 6.45) is 0. The van der Waals surface area contributed by atoms with Crippen molar-refractivity contribution in [3.8, 4) is 11.5 Å². The highest BCUT2D eigenvalue weighted by Crippen LogP contribution is 2.50. The highest BCUT2D eigenvalue weighted by molar-refractivity contribution is 6.23. The third-order valence-electron chi connectivity index (χ3n) is 6.16. The van der Waals surface area contributed by atoms with E-state index in [1.165, 1.54) is 5.56 Å². The standard InChI is InChI=1S/C29H20O2/c1-17-11-13-21-23(15-17)27(19-7-3-4-8-20(19)29(21)30)28-22-9-5-6-10-25(22)31-26-14-12-18(2)16-24(26)28/h3-16H,1-2H3/b28-27+. The molecule has 4 aromatic rings. The number of ether oxygens (including phenoxy) is 1. The van der Waals surface area contributed by atoms with Gasteiger partial charge in [-0.25, -0.2) is 0 Å². The molecule has 0 radical (unpaired) electrons. The smallest absolute Gasteiger partial charge is 0.194 e. The van der Waals surface area contributed by atoms with Gasteiger partial charge >= 0.3 is 0 Å². The Morgan fingerprint density at radius 3 is 1.87 bits per heavy atom. The normalized spacial score (nSPS) is 16.0. The number of benzene rings is 4. The van der Waals surface area contributed by atoms with Crippen molar-refractivity contribution >= 4 is 16.9 Å². The third kappa shape index (κ3) is 2.62. The number of carbonyl (C=O) groups is 1. The van der Waals surface area contributed by atoms with Crippen LogP contribution in [-0.2, 0) is 0 Å². The quantitative estimate of drug-likeness (QED) is 0.275. The van der Waals surface area contributed by atoms with Crippen molar-refractivity contribution in [2.24, 2.45) is 0 Å². The summed E-state index contributed by atoms with van der Waals surface area (Å²) in [7, 11) is 0. The lowest BCUT2D eigenvalue weighted by Crippen LogP contribution is -2.16. The molecular formula is C29H20O2. The second-order valence-electron chi connectivity index (χ2n) is 8.27. The van der Waals surface area contributed by atoms with Crippen molar-refractivity contribution < 1.29 is 9.53 Å². The van der Waals surface area contributed by atoms with E-state index in [9.17, 15) is 4.79 Å². The molecule has 0 unspecified atom stereocenters. The van der Waals surface area contributed by atoms with Gasteiger partial charge in [-0.15, -0.1) is 0 Å². The number of fused-ring (bicyclic) bond motifs is 4. The average molecular weight is 400 g/mol. The Morgan fingerprint density at radius 2 is 1.06 bits per heavy atom. The van der Waals surface area contributed by atoms with E-state index in [0.29, 0.717) is 0 Å². The fourth-order valence-corrected chi connectivity index (χ4v) is 4.74. The predicted molar refractivity (Wildman–Crippen MR) is 124 cm³/mol. The summed E-state index contributed by atoms with van der Waals surface area (Å²) in [6, 6.07) is 28.5. The van der Waals surface area contributed by atoms with E-state index in [4.69, 9.17) is 4.74 Å². The number of para-hydroxylation sites is 1. The molecule has 31 heavy (non-hydrogen) atoms. The van der Waals surface area contributed by atoms with Crippen LogP contribution in [0.4, 0.5) is 0 Å². The van der Waals surface area contributed by atoms with Gasteiger partial charge in [0.05, 0.1) is 0 Å². The Balaban J connectivity index is 1.83. The van der Waals surface area contributed by atoms with Gasteiger partial charge in [-0.05, 0) is 48.7 Å². The van der Waals surface area contributed by atoms with Gasteiger partial charge in [-0.1, -0.05) is 77.9 Å². The van der Waals surface area contributed by atoms with E-state index >= 15 is 0 Å². The Bertz CT molecular complexity index is 1440. The first-order valence-corrected chi connectivity index (χ1v) is 10.5. The number of hydrogen-bond acceptors (Lipinski definition) is 2. The number of ketones is 1. The Kier molecular flexibility index (Phi) is 3.78. The monoisotopic (exact) mass is 400 g/mol. The van der Waals surface area contributed by atoms with Crippen molar-refractivity contribution in [3.63, 3.8) is 0 Å². The van der Waals surface area contributed by atoms with Crippen molar-refractivity contribution in [2.45, 2.75) is 13.8 Å². The topological polar surface area (TPSA) is 26.3 Å². The first-order chi connectivity index (χ1) is 15.1. The zero-order valence-electron chi connectivity index (χ0n) is 17.4. The molecule has 6 rings (SSSR count). The molecule has 0 spiro atoms. The fraction of sp³-hybridized carbons (Fsp3) is 0.0690. The van der Waals surface area contributed by atoms with Crippen molar-refractivity contribution in [1.82, 2.24) is 0 Å². The van der Waals surface area contributed by atoms with Crippen LogP contribution < -0.4 is 4.74 Å². The number of aryl methyl sites for hydroxylation is 2. The molecule has 0 atom stereocenters. The Labute approximate surface area is 181 Å². The summed E-state index contributed by atoms with van der Waals surface area (Å²) in [6.45, 7) is 4.17. The number of rotatable bonds is 0. The molecule has 0 aromatic heterocycles. The Hall–Kier alpha value is -3.91. The van der Waals surface area contributed by atoms with E-state index < -0.39 is 0 Å². The van der Waals surface area contributed by atoms with E-state index in [2.05, 4.69) is 44.2 Å². The predicted octanol–water partition coefficient (Wildman–Crippen LogP) is 6.96. The summed E-state index contributed by atoms with van der Waals surface area (Å²) in [5.41, 5.74) is 10.1. The van der Waals surface area contributed by atoms with Gasteiger partial charge in [-0.2, -0.15) is 0 Å². The zero-order chi connectivity index (χ0) is 21.1. The zero-order valence-corrected chi connectivity index (χ0v) is 17.4. The minimum Gasteiger partial charge on any atom is -0.456 e. The second kappa shape index (κ2) is 6.55. The van der Waals surface area contributed by atoms with Gasteiger partial charge in [0.15, 0.2) is 5.78 Å². The van der Waals surface area contributed by atoms with Gasteiger partial charge in [0.1, 0.15) is 11.5 Å². The highest BCUT2D eigenvalue weighted by Gasteiger charge is 2.32. The van der Waals surface area contributed by atoms with E-state index in [0.717, 1.165) is 61.6 Å². The van der Waals surface area contributed by atoms with Crippen LogP contribution >= 0.6 is 0 Å². The van der Waals surface area contributed by atoms with E-state index in [-0.39, 0.29) is 5.78 Å². The van der Waals surface area contributed by atoms with Crippen LogP contribution in [0.15, 0.2) is 84.9 Å². The Morgan fingerprint density at radius 1 is 0.516 bits per heavy atom. The summed E-state index contributed by atoms with van der Waals surface area (Å²) in [5.74, 6) is 1.76. The van der Waals surface area contributed by atoms with Gasteiger partial charge in [-0.3, -0.25) is 4.79 Å². The van der Waals surface area contributed by atoms with Crippen LogP contribution in [0.2, 0.25) is 0 Å². The lowest BCUT2D eigenvalue weighted by atomic mass is 9.75. The minimum atomic E-state index is 0.0831. The van der Waals surface area contributed by atoms with E-state index in [1.54, 1.807) is 0 Å². The highest BCUT2D eigenvalue weighted by atomic mass is 16.5. The lowest BCUT2D eigenvalue weighted by Gasteiger charge is -2.29. The molecule has 0 N–H and O–H groups in total. The van der Waals surface area contributed by atoms with Crippen LogP contribution in [0, 0.1) is 13.8 Å². The molecular weight excluding hydrogens is 380 g/mol. The molecule has 0 bridgehead atoms. The molecule has 1 aliphatic heterocycles. The molecule has 1 aliphatic carbocycles. The third-order valence-corrected chi connectivity index (χ3v) is 6.16. The fourth-order valence-electron chi connectivity index (χ4n) is 4.74. The molecule has 0 saturated carbocycles. The summed E-state index contributed by atoms with van der Waals surface area (Å²) in [4.78, 5) is 13.3. The first-order valence-electron chi connectivity index (χ1n) is 10.5. The summed E-state index contributed by atoms with van der Waals surface area (Å²) >= 11 is 0. The first kappa shape index (κ1) is 17.9. The van der Waals surface area contributed by atoms with Crippen molar-refractivity contribution in [3.05, 3.63) is 129 Å². The number of hydrogen-bond donors (Lipinski definition) is 0. The van der Waals surface area contributed by atoms with Gasteiger partial charge < -0.3 is 4.74 Å². The maximum Gasteiger partial charge on any atom is 0.194 e. The average Bonchev–Trinajstić information content (AvgIpc) is 2.79. The minimum absolute atomic E-state index is 0.0831. The molecule has 148 valence electrons. The van der Waals surface area contributed by atoms with Crippen molar-refractivity contribution in [1.29, 1.82) is 0 Å². The maximum atomic E-state index is 13.3. The van der Waals surface area contributed by atoms with Crippen molar-refractivity contribution in [2.75, 3.05) is 0 Å². The molecule has 2 aliphatic rings. The lowest BCUT2D eigenvalue weighted by molar-refractivity contribution is 0.103. The maximum absolute atomic E-state index is 13.3. The molecule has 2 heteroatoms. The number of carbonyl (C=O) groups excluding carboxylic acids is 1. The molecule has 0 amide bonds. The summed E-state index contributed by atoms with van der Waals surface area (Å²) < 4.78 is 6.27. The summed E-state index contributed by atoms with van der Waals surface area (Å²) in [5, 5.41) is 0. The van der Waals surface area contributed by atoms with Gasteiger partial charge in [0, 0.05) is 27.8 Å². The van der Waals surface area contributed by atoms with Gasteiger partial charge in [0.2, 0.25) is 0 Å². The molecule has 4 aromatic carbocycles. The van der Waals surface area contributed by atoms with Crippen LogP contribution in [0.3, 0.4) is 0 Å². The largest absolute Gasteiger partial charge is 0.456 e. The van der Waals surface area contributed by atoms with Gasteiger partial charge in [0.25, 0.3) is 0 Å². The molecule has 1 heterocycles. The van der Waals surface area contributed by atoms with Crippen LogP contribution in [-0.4, -0.2) is 5.78 Å². The second-order valence-corrected chi connectivity index (χ2v) is 8.27. The van der Waals surface area contributed by atoms with E-state index in [1.807, 2.05) is 54.6 Å². The molecule has 2 nitrogen and oxygen atoms in total.